The lowest BCUT2D eigenvalue weighted by Crippen LogP contribution is -2.21. The molecule has 0 fully saturated rings. The smallest absolute Gasteiger partial charge is 0.272 e. The van der Waals surface area contributed by atoms with Gasteiger partial charge in [0.15, 0.2) is 0 Å². The molecule has 28 heavy (non-hydrogen) atoms. The molecule has 1 amide bonds. The molecule has 0 saturated carbocycles. The Bertz CT molecular complexity index is 1110. The van der Waals surface area contributed by atoms with E-state index in [1.807, 2.05) is 13.0 Å². The molecule has 0 aliphatic carbocycles. The highest BCUT2D eigenvalue weighted by Crippen LogP contribution is 2.31. The molecule has 148 valence electrons. The van der Waals surface area contributed by atoms with Gasteiger partial charge < -0.3 is 19.2 Å². The Kier molecular flexibility index (Phi) is 5.52. The molecule has 6 nitrogen and oxygen atoms in total. The number of rotatable bonds is 5. The Balaban J connectivity index is 2.01. The molecular formula is C21H24ClN3O3. The van der Waals surface area contributed by atoms with Crippen molar-refractivity contribution in [1.82, 2.24) is 9.13 Å². The summed E-state index contributed by atoms with van der Waals surface area (Å²) >= 11 is 6.13. The zero-order chi connectivity index (χ0) is 20.6. The van der Waals surface area contributed by atoms with Gasteiger partial charge in [0.1, 0.15) is 11.4 Å². The molecule has 0 atom stereocenters. The number of anilines is 1. The summed E-state index contributed by atoms with van der Waals surface area (Å²) in [6.45, 7) is 6.60. The van der Waals surface area contributed by atoms with Crippen LogP contribution in [0, 0.1) is 12.8 Å². The van der Waals surface area contributed by atoms with Crippen molar-refractivity contribution < 1.29 is 9.53 Å². The summed E-state index contributed by atoms with van der Waals surface area (Å²) in [5, 5.41) is 3.95. The van der Waals surface area contributed by atoms with Gasteiger partial charge in [-0.25, -0.2) is 0 Å². The van der Waals surface area contributed by atoms with E-state index in [0.717, 1.165) is 11.1 Å². The third-order valence-electron chi connectivity index (χ3n) is 4.71. The van der Waals surface area contributed by atoms with Gasteiger partial charge in [-0.05, 0) is 36.6 Å². The van der Waals surface area contributed by atoms with Crippen molar-refractivity contribution in [3.05, 3.63) is 57.1 Å². The molecule has 0 aliphatic heterocycles. The molecule has 2 aromatic heterocycles. The highest BCUT2D eigenvalue weighted by molar-refractivity contribution is 6.31. The van der Waals surface area contributed by atoms with Crippen molar-refractivity contribution in [1.29, 1.82) is 0 Å². The maximum atomic E-state index is 12.9. The SMILES string of the molecule is COc1cc(Cl)c(C)cc1NC(=O)c1cc2c(=O)n(CC(C)C)ccc2n1C. The molecule has 0 saturated heterocycles. The third-order valence-corrected chi connectivity index (χ3v) is 5.11. The summed E-state index contributed by atoms with van der Waals surface area (Å²) in [6, 6.07) is 6.93. The van der Waals surface area contributed by atoms with E-state index in [1.54, 1.807) is 40.6 Å². The summed E-state index contributed by atoms with van der Waals surface area (Å²) in [5.41, 5.74) is 2.36. The molecule has 0 spiro atoms. The van der Waals surface area contributed by atoms with Gasteiger partial charge in [-0.3, -0.25) is 9.59 Å². The van der Waals surface area contributed by atoms with Gasteiger partial charge in [0.05, 0.1) is 23.7 Å². The minimum atomic E-state index is -0.325. The molecule has 1 N–H and O–H groups in total. The first-order valence-corrected chi connectivity index (χ1v) is 9.45. The predicted octanol–water partition coefficient (Wildman–Crippen LogP) is 4.22. The van der Waals surface area contributed by atoms with E-state index in [2.05, 4.69) is 19.2 Å². The number of ether oxygens (including phenoxy) is 1. The van der Waals surface area contributed by atoms with Crippen LogP contribution in [0.25, 0.3) is 10.9 Å². The number of hydrogen-bond donors (Lipinski definition) is 1. The van der Waals surface area contributed by atoms with Crippen LogP contribution in [0.15, 0.2) is 35.3 Å². The number of aromatic nitrogens is 2. The summed E-state index contributed by atoms with van der Waals surface area (Å²) in [7, 11) is 3.29. The Labute approximate surface area is 168 Å². The van der Waals surface area contributed by atoms with Crippen LogP contribution in [0.1, 0.15) is 29.9 Å². The second kappa shape index (κ2) is 7.72. The lowest BCUT2D eigenvalue weighted by Gasteiger charge is -2.12. The first kappa shape index (κ1) is 20.0. The molecule has 0 radical (unpaired) electrons. The minimum absolute atomic E-state index is 0.0965. The summed E-state index contributed by atoms with van der Waals surface area (Å²) in [5.74, 6) is 0.498. The number of aryl methyl sites for hydroxylation is 2. The Morgan fingerprint density at radius 3 is 2.64 bits per heavy atom. The van der Waals surface area contributed by atoms with Gasteiger partial charge in [-0.2, -0.15) is 0 Å². The number of benzene rings is 1. The number of nitrogens with zero attached hydrogens (tertiary/aromatic N) is 2. The van der Waals surface area contributed by atoms with E-state index in [-0.39, 0.29) is 11.5 Å². The van der Waals surface area contributed by atoms with E-state index in [0.29, 0.717) is 40.0 Å². The maximum Gasteiger partial charge on any atom is 0.272 e. The molecule has 0 aliphatic rings. The number of nitrogens with one attached hydrogen (secondary N) is 1. The number of carbonyl (C=O) groups excluding carboxylic acids is 1. The standard InChI is InChI=1S/C21H24ClN3O3/c1-12(2)11-25-7-6-17-14(21(25)27)9-18(24(17)4)20(26)23-16-8-13(3)15(22)10-19(16)28-5/h6-10,12H,11H2,1-5H3,(H,23,26). The average Bonchev–Trinajstić information content (AvgIpc) is 2.97. The fourth-order valence-corrected chi connectivity index (χ4v) is 3.40. The minimum Gasteiger partial charge on any atom is -0.495 e. The summed E-state index contributed by atoms with van der Waals surface area (Å²) in [4.78, 5) is 25.7. The molecule has 2 heterocycles. The van der Waals surface area contributed by atoms with E-state index in [1.165, 1.54) is 7.11 Å². The van der Waals surface area contributed by atoms with Crippen LogP contribution < -0.4 is 15.6 Å². The van der Waals surface area contributed by atoms with E-state index in [4.69, 9.17) is 16.3 Å². The zero-order valence-electron chi connectivity index (χ0n) is 16.7. The fraction of sp³-hybridized carbons (Fsp3) is 0.333. The second-order valence-corrected chi connectivity index (χ2v) is 7.72. The lowest BCUT2D eigenvalue weighted by atomic mass is 10.2. The largest absolute Gasteiger partial charge is 0.495 e. The Morgan fingerprint density at radius 1 is 1.29 bits per heavy atom. The predicted molar refractivity (Wildman–Crippen MR) is 113 cm³/mol. The molecule has 7 heteroatoms. The normalized spacial score (nSPS) is 11.2. The van der Waals surface area contributed by atoms with Crippen molar-refractivity contribution in [3.8, 4) is 5.75 Å². The maximum absolute atomic E-state index is 12.9. The first-order valence-electron chi connectivity index (χ1n) is 9.07. The number of amides is 1. The molecule has 0 unspecified atom stereocenters. The van der Waals surface area contributed by atoms with E-state index in [9.17, 15) is 9.59 Å². The van der Waals surface area contributed by atoms with Crippen LogP contribution >= 0.6 is 11.6 Å². The number of halogens is 1. The highest BCUT2D eigenvalue weighted by atomic mass is 35.5. The third kappa shape index (κ3) is 3.64. The van der Waals surface area contributed by atoms with Crippen molar-refractivity contribution in [2.75, 3.05) is 12.4 Å². The van der Waals surface area contributed by atoms with Gasteiger partial charge in [-0.15, -0.1) is 0 Å². The Morgan fingerprint density at radius 2 is 2.00 bits per heavy atom. The molecule has 0 bridgehead atoms. The molecule has 1 aromatic carbocycles. The van der Waals surface area contributed by atoms with Gasteiger partial charge in [-0.1, -0.05) is 25.4 Å². The Hall–Kier alpha value is -2.73. The highest BCUT2D eigenvalue weighted by Gasteiger charge is 2.18. The van der Waals surface area contributed by atoms with Crippen molar-refractivity contribution >= 4 is 34.1 Å². The van der Waals surface area contributed by atoms with Gasteiger partial charge >= 0.3 is 0 Å². The van der Waals surface area contributed by atoms with Crippen molar-refractivity contribution in [2.45, 2.75) is 27.3 Å². The van der Waals surface area contributed by atoms with Crippen LogP contribution in [0.5, 0.6) is 5.75 Å². The zero-order valence-corrected chi connectivity index (χ0v) is 17.4. The van der Waals surface area contributed by atoms with Gasteiger partial charge in [0.25, 0.3) is 11.5 Å². The number of methoxy groups -OCH3 is 1. The number of pyridine rings is 1. The fourth-order valence-electron chi connectivity index (χ4n) is 3.24. The van der Waals surface area contributed by atoms with E-state index < -0.39 is 0 Å². The monoisotopic (exact) mass is 401 g/mol. The molecule has 3 rings (SSSR count). The quantitative estimate of drug-likeness (QED) is 0.696. The lowest BCUT2D eigenvalue weighted by molar-refractivity contribution is 0.101. The van der Waals surface area contributed by atoms with Gasteiger partial charge in [0, 0.05) is 30.9 Å². The van der Waals surface area contributed by atoms with Crippen molar-refractivity contribution in [2.24, 2.45) is 13.0 Å². The van der Waals surface area contributed by atoms with Crippen LogP contribution in [0.3, 0.4) is 0 Å². The number of carbonyl (C=O) groups is 1. The molecule has 3 aromatic rings. The van der Waals surface area contributed by atoms with E-state index >= 15 is 0 Å². The average molecular weight is 402 g/mol. The number of fused-ring (bicyclic) bond motifs is 1. The van der Waals surface area contributed by atoms with Gasteiger partial charge in [0.2, 0.25) is 0 Å². The first-order chi connectivity index (χ1) is 13.2. The van der Waals surface area contributed by atoms with Crippen LogP contribution in [0.4, 0.5) is 5.69 Å². The van der Waals surface area contributed by atoms with Crippen molar-refractivity contribution in [3.63, 3.8) is 0 Å². The topological polar surface area (TPSA) is 65.3 Å². The number of hydrogen-bond acceptors (Lipinski definition) is 3. The molecular weight excluding hydrogens is 378 g/mol. The van der Waals surface area contributed by atoms with Crippen LogP contribution in [0.2, 0.25) is 5.02 Å². The summed E-state index contributed by atoms with van der Waals surface area (Å²) in [6.07, 6.45) is 1.78. The van der Waals surface area contributed by atoms with Crippen LogP contribution in [-0.2, 0) is 13.6 Å². The second-order valence-electron chi connectivity index (χ2n) is 7.31. The van der Waals surface area contributed by atoms with Crippen LogP contribution in [-0.4, -0.2) is 22.2 Å². The summed E-state index contributed by atoms with van der Waals surface area (Å²) < 4.78 is 8.72.